The number of benzene rings is 2. The van der Waals surface area contributed by atoms with Crippen LogP contribution in [-0.4, -0.2) is 42.0 Å². The van der Waals surface area contributed by atoms with Crippen molar-refractivity contribution in [3.63, 3.8) is 0 Å². The largest absolute Gasteiger partial charge is 0.299 e. The Morgan fingerprint density at radius 1 is 1.00 bits per heavy atom. The van der Waals surface area contributed by atoms with Crippen molar-refractivity contribution >= 4 is 15.9 Å². The molecular weight excluding hydrogens is 434 g/mol. The molecule has 0 unspecified atom stereocenters. The highest BCUT2D eigenvalue weighted by Crippen LogP contribution is 2.64. The first kappa shape index (κ1) is 24.1. The minimum Gasteiger partial charge on any atom is -0.299 e. The number of rotatable bonds is 5. The van der Waals surface area contributed by atoms with Crippen molar-refractivity contribution in [2.45, 2.75) is 58.5 Å². The number of nitrogens with zero attached hydrogens (tertiary/aromatic N) is 1. The van der Waals surface area contributed by atoms with E-state index in [1.165, 1.54) is 24.1 Å². The minimum atomic E-state index is -4.08. The van der Waals surface area contributed by atoms with Crippen molar-refractivity contribution in [2.24, 2.45) is 16.7 Å². The summed E-state index contributed by atoms with van der Waals surface area (Å²) in [4.78, 5) is 14.5. The lowest BCUT2D eigenvalue weighted by Crippen LogP contribution is -2.47. The number of ketones is 1. The zero-order chi connectivity index (χ0) is 23.9. The number of likely N-dealkylation sites (tertiary alicyclic amines) is 1. The van der Waals surface area contributed by atoms with E-state index in [0.29, 0.717) is 24.9 Å². The summed E-state index contributed by atoms with van der Waals surface area (Å²) in [6, 6.07) is 22.8. The molecule has 0 aromatic heterocycles. The fourth-order valence-electron chi connectivity index (χ4n) is 6.19. The summed E-state index contributed by atoms with van der Waals surface area (Å²) in [5, 5.41) is 0. The molecule has 3 fully saturated rings. The third kappa shape index (κ3) is 4.53. The molecule has 1 aliphatic heterocycles. The number of hydrogen-bond acceptors (Lipinski definition) is 4. The average Bonchev–Trinajstić information content (AvgIpc) is 3.11. The fraction of sp³-hybridized carbons (Fsp3) is 0.519. The number of fused-ring (bicyclic) bond motifs is 2. The number of Topliss-reactive ketones (excluding diaryl/α,β-unsaturated/α-hetero) is 1. The van der Waals surface area contributed by atoms with Gasteiger partial charge in [-0.25, -0.2) is 0 Å². The first-order valence-electron chi connectivity index (χ1n) is 11.9. The molecule has 2 saturated carbocycles. The molecule has 2 bridgehead atoms. The molecule has 2 aromatic carbocycles. The number of hydrogen-bond donors (Lipinski definition) is 1. The van der Waals surface area contributed by atoms with E-state index in [4.69, 9.17) is 4.55 Å². The van der Waals surface area contributed by atoms with Gasteiger partial charge in [0.25, 0.3) is 10.1 Å². The van der Waals surface area contributed by atoms with Crippen LogP contribution in [-0.2, 0) is 14.9 Å². The molecule has 1 heterocycles. The van der Waals surface area contributed by atoms with Crippen molar-refractivity contribution in [1.82, 2.24) is 4.90 Å². The van der Waals surface area contributed by atoms with Crippen LogP contribution < -0.4 is 0 Å². The van der Waals surface area contributed by atoms with Crippen molar-refractivity contribution in [1.29, 1.82) is 0 Å². The maximum Gasteiger partial charge on any atom is 0.265 e. The molecule has 3 aliphatic rings. The summed E-state index contributed by atoms with van der Waals surface area (Å²) in [6.45, 7) is 7.42. The van der Waals surface area contributed by atoms with Gasteiger partial charge in [-0.3, -0.25) is 14.2 Å². The van der Waals surface area contributed by atoms with Gasteiger partial charge in [-0.05, 0) is 48.6 Å². The molecule has 5 rings (SSSR count). The molecule has 2 aromatic rings. The van der Waals surface area contributed by atoms with Gasteiger partial charge in [0.1, 0.15) is 5.78 Å². The molecule has 0 radical (unpaired) electrons. The van der Waals surface area contributed by atoms with E-state index in [2.05, 4.69) is 72.5 Å². The van der Waals surface area contributed by atoms with E-state index in [9.17, 15) is 13.2 Å². The summed E-state index contributed by atoms with van der Waals surface area (Å²) in [6.07, 6.45) is 3.29. The summed E-state index contributed by atoms with van der Waals surface area (Å²) in [5.74, 6) is -0.101. The third-order valence-electron chi connectivity index (χ3n) is 8.50. The lowest BCUT2D eigenvalue weighted by atomic mass is 9.70. The molecule has 6 heteroatoms. The maximum atomic E-state index is 11.9. The topological polar surface area (TPSA) is 74.7 Å². The Kier molecular flexibility index (Phi) is 6.56. The second-order valence-corrected chi connectivity index (χ2v) is 11.9. The van der Waals surface area contributed by atoms with Crippen molar-refractivity contribution in [3.8, 4) is 0 Å². The predicted octanol–water partition coefficient (Wildman–Crippen LogP) is 5.14. The van der Waals surface area contributed by atoms with Gasteiger partial charge in [0.2, 0.25) is 0 Å². The smallest absolute Gasteiger partial charge is 0.265 e. The van der Waals surface area contributed by atoms with E-state index in [1.807, 2.05) is 13.8 Å². The van der Waals surface area contributed by atoms with Gasteiger partial charge in [0.05, 0.1) is 17.2 Å². The van der Waals surface area contributed by atoms with Crippen LogP contribution >= 0.6 is 0 Å². The zero-order valence-electron chi connectivity index (χ0n) is 19.8. The second-order valence-electron chi connectivity index (χ2n) is 10.5. The van der Waals surface area contributed by atoms with Gasteiger partial charge >= 0.3 is 0 Å². The van der Waals surface area contributed by atoms with Crippen molar-refractivity contribution in [3.05, 3.63) is 71.8 Å². The van der Waals surface area contributed by atoms with E-state index in [1.54, 1.807) is 0 Å². The summed E-state index contributed by atoms with van der Waals surface area (Å²) in [5.41, 5.74) is 1.68. The third-order valence-corrected chi connectivity index (χ3v) is 9.36. The van der Waals surface area contributed by atoms with E-state index >= 15 is 0 Å². The average molecular weight is 470 g/mol. The normalized spacial score (nSPS) is 28.3. The lowest BCUT2D eigenvalue weighted by molar-refractivity contribution is -0.128. The molecular formula is C27H35NO4S. The van der Waals surface area contributed by atoms with Gasteiger partial charge in [-0.1, -0.05) is 74.5 Å². The van der Waals surface area contributed by atoms with Crippen LogP contribution in [0.3, 0.4) is 0 Å². The Balaban J connectivity index is 0.000000160. The molecule has 0 spiro atoms. The number of carbonyl (C=O) groups is 1. The lowest BCUT2D eigenvalue weighted by Gasteiger charge is -2.45. The van der Waals surface area contributed by atoms with Crippen LogP contribution in [0.1, 0.15) is 63.6 Å². The highest BCUT2D eigenvalue weighted by molar-refractivity contribution is 7.85. The Labute approximate surface area is 198 Å². The highest BCUT2D eigenvalue weighted by Gasteiger charge is 2.65. The first-order chi connectivity index (χ1) is 15.6. The minimum absolute atomic E-state index is 0.0152. The Morgan fingerprint density at radius 2 is 1.55 bits per heavy atom. The molecule has 33 heavy (non-hydrogen) atoms. The van der Waals surface area contributed by atoms with Crippen LogP contribution in [0.25, 0.3) is 0 Å². The molecule has 178 valence electrons. The van der Waals surface area contributed by atoms with Crippen molar-refractivity contribution < 1.29 is 17.8 Å². The molecule has 1 saturated heterocycles. The van der Waals surface area contributed by atoms with Crippen molar-refractivity contribution in [2.75, 3.05) is 12.3 Å². The van der Waals surface area contributed by atoms with Gasteiger partial charge in [-0.15, -0.1) is 0 Å². The summed E-state index contributed by atoms with van der Waals surface area (Å²) in [7, 11) is -4.08. The van der Waals surface area contributed by atoms with Gasteiger partial charge in [0.15, 0.2) is 0 Å². The van der Waals surface area contributed by atoms with E-state index in [-0.39, 0.29) is 17.1 Å². The van der Waals surface area contributed by atoms with Crippen LogP contribution in [0.2, 0.25) is 0 Å². The quantitative estimate of drug-likeness (QED) is 0.614. The number of carbonyl (C=O) groups excluding carboxylic acids is 1. The molecule has 1 N–H and O–H groups in total. The predicted molar refractivity (Wildman–Crippen MR) is 130 cm³/mol. The molecule has 2 aliphatic carbocycles. The van der Waals surface area contributed by atoms with Gasteiger partial charge < -0.3 is 0 Å². The van der Waals surface area contributed by atoms with E-state index < -0.39 is 21.3 Å². The summed E-state index contributed by atoms with van der Waals surface area (Å²) >= 11 is 0. The second kappa shape index (κ2) is 8.97. The van der Waals surface area contributed by atoms with Crippen LogP contribution in [0.5, 0.6) is 0 Å². The van der Waals surface area contributed by atoms with E-state index in [0.717, 1.165) is 6.42 Å². The van der Waals surface area contributed by atoms with Gasteiger partial charge in [-0.2, -0.15) is 8.42 Å². The van der Waals surface area contributed by atoms with Crippen LogP contribution in [0.15, 0.2) is 60.7 Å². The summed E-state index contributed by atoms with van der Waals surface area (Å²) < 4.78 is 31.0. The zero-order valence-corrected chi connectivity index (χ0v) is 20.6. The molecule has 0 amide bonds. The monoisotopic (exact) mass is 469 g/mol. The Hall–Kier alpha value is -2.02. The van der Waals surface area contributed by atoms with Gasteiger partial charge in [0, 0.05) is 19.0 Å². The van der Waals surface area contributed by atoms with Crippen LogP contribution in [0.4, 0.5) is 0 Å². The maximum absolute atomic E-state index is 11.9. The van der Waals surface area contributed by atoms with Crippen LogP contribution in [0, 0.1) is 16.7 Å². The Morgan fingerprint density at radius 3 is 1.88 bits per heavy atom. The standard InChI is InChI=1S/C17H19N.C10H16O4S/c1-14-12-13-18(14)17(15-8-4-2-5-9-15)16-10-6-3-7-11-16;1-9(2)7-3-4-10(9,8(11)5-7)6-15(12,13)14/h2-11,14,17H,12-13H2,1H3;7H,3-6H2,1-2H3,(H,12,13,14)/t14-;7-,10-/m01/s1. The highest BCUT2D eigenvalue weighted by atomic mass is 32.2. The fourth-order valence-corrected chi connectivity index (χ4v) is 7.49. The molecule has 5 nitrogen and oxygen atoms in total. The Bertz CT molecular complexity index is 1040. The first-order valence-corrected chi connectivity index (χ1v) is 13.5. The molecule has 3 atom stereocenters. The SMILES string of the molecule is CC1(C)[C@@H]2CC[C@@]1(CS(=O)(=O)O)C(=O)C2.C[C@H]1CCN1C(c1ccccc1)c1ccccc1.